The fraction of sp³-hybridized carbons (Fsp3) is 0.886. The van der Waals surface area contributed by atoms with Crippen LogP contribution in [0, 0.1) is 0 Å². The Morgan fingerprint density at radius 1 is 0.374 bits per heavy atom. The number of rotatable bonds is 78. The van der Waals surface area contributed by atoms with Gasteiger partial charge in [0.25, 0.3) is 0 Å². The van der Waals surface area contributed by atoms with Gasteiger partial charge in [-0.15, -0.1) is 0 Å². The zero-order chi connectivity index (χ0) is 71.5. The largest absolute Gasteiger partial charge is 0.466 e. The van der Waals surface area contributed by atoms with Crippen molar-refractivity contribution in [1.29, 1.82) is 0 Å². The number of aliphatic hydroxyl groups is 5. The number of hydrogen-bond donors (Lipinski definition) is 6. The third kappa shape index (κ3) is 64.9. The standard InChI is InChI=1S/C88H165NO10/c1-3-5-7-9-11-13-15-17-19-20-45-48-52-56-60-64-68-72-76-84(93)97-77-73-69-65-61-57-53-49-46-43-41-39-37-35-33-31-29-27-25-23-21-22-24-26-28-30-32-34-36-38-40-42-44-47-51-55-59-63-67-71-75-83(92)89-80(79-98-88-87(96)86(95)85(94)82(78-90)99-88)81(91)74-70-66-62-58-54-50-18-16-14-12-10-8-6-4-2/h13,15,19-22,70,74,80-82,85-88,90-91,94-96H,3-12,14,16-18,23-69,71-73,75-79H2,1-2H3,(H,89,92)/b15-13-,20-19-,22-21-,74-70+. The van der Waals surface area contributed by atoms with E-state index in [2.05, 4.69) is 55.6 Å². The summed E-state index contributed by atoms with van der Waals surface area (Å²) in [6.45, 7) is 4.39. The maximum Gasteiger partial charge on any atom is 0.305 e. The highest BCUT2D eigenvalue weighted by molar-refractivity contribution is 5.76. The Labute approximate surface area is 612 Å². The van der Waals surface area contributed by atoms with Gasteiger partial charge in [0, 0.05) is 12.8 Å². The van der Waals surface area contributed by atoms with Gasteiger partial charge in [-0.3, -0.25) is 9.59 Å². The summed E-state index contributed by atoms with van der Waals surface area (Å²) >= 11 is 0. The lowest BCUT2D eigenvalue weighted by molar-refractivity contribution is -0.302. The number of unbranched alkanes of at least 4 members (excludes halogenated alkanes) is 58. The fourth-order valence-corrected chi connectivity index (χ4v) is 13.9. The molecule has 0 aliphatic carbocycles. The van der Waals surface area contributed by atoms with Gasteiger partial charge >= 0.3 is 5.97 Å². The zero-order valence-corrected chi connectivity index (χ0v) is 65.2. The van der Waals surface area contributed by atoms with Crippen LogP contribution < -0.4 is 5.32 Å². The summed E-state index contributed by atoms with van der Waals surface area (Å²) in [4.78, 5) is 25.2. The molecular weight excluding hydrogens is 1230 g/mol. The van der Waals surface area contributed by atoms with E-state index in [0.29, 0.717) is 19.4 Å². The predicted octanol–water partition coefficient (Wildman–Crippen LogP) is 24.2. The topological polar surface area (TPSA) is 175 Å². The minimum absolute atomic E-state index is 0.0100. The third-order valence-electron chi connectivity index (χ3n) is 20.7. The SMILES string of the molecule is CCCCCC/C=C\C/C=C\CCCCCCCCCC(=O)OCCCCCCCCCCCCCCCCCCCC/C=C\CCCCCCCCCCCCCCCCCCCC(=O)NC(COC1OC(CO)C(O)C(O)C1O)C(O)/C=C/CCCCCCCCCCCCCC. The Hall–Kier alpha value is -2.38. The lowest BCUT2D eigenvalue weighted by atomic mass is 9.99. The zero-order valence-electron chi connectivity index (χ0n) is 65.2. The van der Waals surface area contributed by atoms with Crippen molar-refractivity contribution in [2.24, 2.45) is 0 Å². The van der Waals surface area contributed by atoms with Crippen LogP contribution in [0.2, 0.25) is 0 Å². The quantitative estimate of drug-likeness (QED) is 0.0195. The normalized spacial score (nSPS) is 17.3. The van der Waals surface area contributed by atoms with Crippen LogP contribution in [0.4, 0.5) is 0 Å². The van der Waals surface area contributed by atoms with Crippen LogP contribution in [0.15, 0.2) is 48.6 Å². The molecule has 1 rings (SSSR count). The van der Waals surface area contributed by atoms with E-state index in [-0.39, 0.29) is 18.5 Å². The van der Waals surface area contributed by atoms with Gasteiger partial charge in [-0.1, -0.05) is 383 Å². The van der Waals surface area contributed by atoms with E-state index in [0.717, 1.165) is 64.2 Å². The third-order valence-corrected chi connectivity index (χ3v) is 20.7. The molecule has 0 saturated carbocycles. The molecule has 1 aliphatic heterocycles. The minimum atomic E-state index is -1.57. The summed E-state index contributed by atoms with van der Waals surface area (Å²) in [5.74, 6) is -0.164. The molecule has 1 saturated heterocycles. The van der Waals surface area contributed by atoms with E-state index in [1.165, 1.54) is 347 Å². The summed E-state index contributed by atoms with van der Waals surface area (Å²) < 4.78 is 16.8. The molecule has 0 aromatic heterocycles. The van der Waals surface area contributed by atoms with Gasteiger partial charge in [0.2, 0.25) is 5.91 Å². The number of hydrogen-bond acceptors (Lipinski definition) is 10. The Bertz CT molecular complexity index is 1790. The molecule has 0 radical (unpaired) electrons. The lowest BCUT2D eigenvalue weighted by Crippen LogP contribution is -2.60. The summed E-state index contributed by atoms with van der Waals surface area (Å²) in [6, 6.07) is -0.807. The first-order valence-electron chi connectivity index (χ1n) is 43.4. The van der Waals surface area contributed by atoms with Crippen molar-refractivity contribution in [3.05, 3.63) is 48.6 Å². The maximum atomic E-state index is 13.1. The molecule has 0 bridgehead atoms. The monoisotopic (exact) mass is 1400 g/mol. The van der Waals surface area contributed by atoms with Gasteiger partial charge in [-0.2, -0.15) is 0 Å². The van der Waals surface area contributed by atoms with Crippen molar-refractivity contribution >= 4 is 11.9 Å². The number of nitrogens with one attached hydrogen (secondary N) is 1. The van der Waals surface area contributed by atoms with Gasteiger partial charge in [-0.25, -0.2) is 0 Å². The van der Waals surface area contributed by atoms with Crippen LogP contribution in [-0.2, 0) is 23.8 Å². The highest BCUT2D eigenvalue weighted by Crippen LogP contribution is 2.24. The molecular formula is C88H165NO10. The summed E-state index contributed by atoms with van der Waals surface area (Å²) in [7, 11) is 0. The van der Waals surface area contributed by atoms with Crippen molar-refractivity contribution < 1.29 is 49.3 Å². The molecule has 582 valence electrons. The van der Waals surface area contributed by atoms with E-state index in [4.69, 9.17) is 14.2 Å². The molecule has 11 nitrogen and oxygen atoms in total. The second-order valence-electron chi connectivity index (χ2n) is 30.2. The molecule has 1 amide bonds. The molecule has 6 N–H and O–H groups in total. The molecule has 1 fully saturated rings. The number of allylic oxidation sites excluding steroid dienone is 7. The first kappa shape index (κ1) is 94.6. The van der Waals surface area contributed by atoms with E-state index in [9.17, 15) is 35.1 Å². The van der Waals surface area contributed by atoms with Crippen LogP contribution in [0.3, 0.4) is 0 Å². The number of carbonyl (C=O) groups excluding carboxylic acids is 2. The van der Waals surface area contributed by atoms with E-state index in [1.807, 2.05) is 6.08 Å². The van der Waals surface area contributed by atoms with Gasteiger partial charge in [0.05, 0.1) is 32.0 Å². The number of amides is 1. The molecule has 0 spiro atoms. The molecule has 0 aromatic carbocycles. The number of carbonyl (C=O) groups is 2. The van der Waals surface area contributed by atoms with E-state index >= 15 is 0 Å². The average Bonchev–Trinajstić information content (AvgIpc) is 0.826. The fourth-order valence-electron chi connectivity index (χ4n) is 13.9. The Morgan fingerprint density at radius 2 is 0.677 bits per heavy atom. The lowest BCUT2D eigenvalue weighted by Gasteiger charge is -2.40. The highest BCUT2D eigenvalue weighted by Gasteiger charge is 2.44. The first-order chi connectivity index (χ1) is 48.7. The molecule has 11 heteroatoms. The number of aliphatic hydroxyl groups excluding tert-OH is 5. The molecule has 7 atom stereocenters. The molecule has 1 aliphatic rings. The van der Waals surface area contributed by atoms with Gasteiger partial charge < -0.3 is 45.1 Å². The second kappa shape index (κ2) is 76.7. The number of esters is 1. The molecule has 99 heavy (non-hydrogen) atoms. The predicted molar refractivity (Wildman–Crippen MR) is 421 cm³/mol. The van der Waals surface area contributed by atoms with Crippen molar-refractivity contribution in [2.75, 3.05) is 19.8 Å². The smallest absolute Gasteiger partial charge is 0.305 e. The summed E-state index contributed by atoms with van der Waals surface area (Å²) in [5.41, 5.74) is 0. The second-order valence-corrected chi connectivity index (χ2v) is 30.2. The van der Waals surface area contributed by atoms with E-state index < -0.39 is 49.5 Å². The first-order valence-corrected chi connectivity index (χ1v) is 43.4. The van der Waals surface area contributed by atoms with Crippen molar-refractivity contribution in [3.63, 3.8) is 0 Å². The van der Waals surface area contributed by atoms with Gasteiger partial charge in [0.15, 0.2) is 6.29 Å². The van der Waals surface area contributed by atoms with Crippen LogP contribution in [0.5, 0.6) is 0 Å². The van der Waals surface area contributed by atoms with Crippen molar-refractivity contribution in [1.82, 2.24) is 5.32 Å². The van der Waals surface area contributed by atoms with Gasteiger partial charge in [-0.05, 0) is 89.9 Å². The van der Waals surface area contributed by atoms with Crippen molar-refractivity contribution in [2.45, 2.75) is 480 Å². The van der Waals surface area contributed by atoms with Crippen LogP contribution in [-0.4, -0.2) is 100 Å². The van der Waals surface area contributed by atoms with E-state index in [1.54, 1.807) is 6.08 Å². The Kier molecular flexibility index (Phi) is 73.4. The maximum absolute atomic E-state index is 13.1. The molecule has 1 heterocycles. The van der Waals surface area contributed by atoms with Crippen LogP contribution in [0.1, 0.15) is 438 Å². The van der Waals surface area contributed by atoms with Gasteiger partial charge in [0.1, 0.15) is 24.4 Å². The minimum Gasteiger partial charge on any atom is -0.466 e. The molecule has 7 unspecified atom stereocenters. The molecule has 0 aromatic rings. The number of ether oxygens (including phenoxy) is 3. The Balaban J connectivity index is 1.87. The van der Waals surface area contributed by atoms with Crippen molar-refractivity contribution in [3.8, 4) is 0 Å². The summed E-state index contributed by atoms with van der Waals surface area (Å²) in [5, 5.41) is 54.7. The van der Waals surface area contributed by atoms with Crippen LogP contribution >= 0.6 is 0 Å². The summed E-state index contributed by atoms with van der Waals surface area (Å²) in [6.07, 6.45) is 93.0. The van der Waals surface area contributed by atoms with Crippen LogP contribution in [0.25, 0.3) is 0 Å². The highest BCUT2D eigenvalue weighted by atomic mass is 16.7. The Morgan fingerprint density at radius 3 is 1.04 bits per heavy atom. The average molecular weight is 1400 g/mol.